The molecule has 0 spiro atoms. The average molecular weight is 198 g/mol. The fourth-order valence-corrected chi connectivity index (χ4v) is 0.652. The molecule has 0 bridgehead atoms. The highest BCUT2D eigenvalue weighted by atomic mass is 16.6. The molecular formula is C6H6N4O4. The molecule has 0 aliphatic heterocycles. The van der Waals surface area contributed by atoms with Crippen LogP contribution in [0.1, 0.15) is 10.5 Å². The second-order valence-electron chi connectivity index (χ2n) is 2.24. The standard InChI is InChI=1S/C6H6N4O4/c7-4-2-1-3(8-9-4)5(11)10(14)6(12)13/h1-2,14H,(H2,7,9)(H,12,13). The van der Waals surface area contributed by atoms with E-state index in [-0.39, 0.29) is 11.5 Å². The third-order valence-electron chi connectivity index (χ3n) is 1.28. The predicted octanol–water partition coefficient (Wildman–Crippen LogP) is -0.432. The van der Waals surface area contributed by atoms with Crippen LogP contribution >= 0.6 is 0 Å². The minimum Gasteiger partial charge on any atom is -0.463 e. The lowest BCUT2D eigenvalue weighted by atomic mass is 10.3. The number of hydrogen-bond donors (Lipinski definition) is 3. The number of nitrogens with zero attached hydrogens (tertiary/aromatic N) is 3. The van der Waals surface area contributed by atoms with Gasteiger partial charge in [0.25, 0.3) is 0 Å². The largest absolute Gasteiger partial charge is 0.463 e. The molecule has 0 radical (unpaired) electrons. The smallest absolute Gasteiger partial charge is 0.439 e. The summed E-state index contributed by atoms with van der Waals surface area (Å²) in [4.78, 5) is 21.2. The van der Waals surface area contributed by atoms with Gasteiger partial charge in [-0.05, 0) is 12.1 Å². The van der Waals surface area contributed by atoms with Crippen LogP contribution in [0.25, 0.3) is 0 Å². The van der Waals surface area contributed by atoms with E-state index in [0.717, 1.165) is 6.07 Å². The van der Waals surface area contributed by atoms with Crippen LogP contribution in [0.15, 0.2) is 12.1 Å². The van der Waals surface area contributed by atoms with Crippen LogP contribution in [-0.4, -0.2) is 37.6 Å². The third-order valence-corrected chi connectivity index (χ3v) is 1.28. The van der Waals surface area contributed by atoms with E-state index in [4.69, 9.17) is 16.0 Å². The lowest BCUT2D eigenvalue weighted by Gasteiger charge is -2.06. The predicted molar refractivity (Wildman–Crippen MR) is 42.4 cm³/mol. The Kier molecular flexibility index (Phi) is 2.58. The van der Waals surface area contributed by atoms with Crippen molar-refractivity contribution < 1.29 is 19.9 Å². The van der Waals surface area contributed by atoms with Crippen molar-refractivity contribution in [3.05, 3.63) is 17.8 Å². The van der Waals surface area contributed by atoms with Gasteiger partial charge in [0.05, 0.1) is 0 Å². The summed E-state index contributed by atoms with van der Waals surface area (Å²) in [5.74, 6) is -1.11. The Morgan fingerprint density at radius 3 is 2.43 bits per heavy atom. The highest BCUT2D eigenvalue weighted by Crippen LogP contribution is 2.00. The fraction of sp³-hybridized carbons (Fsp3) is 0. The van der Waals surface area contributed by atoms with Gasteiger partial charge in [-0.2, -0.15) is 0 Å². The fourth-order valence-electron chi connectivity index (χ4n) is 0.652. The van der Waals surface area contributed by atoms with Gasteiger partial charge >= 0.3 is 12.0 Å². The molecule has 1 rings (SSSR count). The number of hydroxylamine groups is 2. The van der Waals surface area contributed by atoms with Gasteiger partial charge in [0.2, 0.25) is 0 Å². The van der Waals surface area contributed by atoms with Crippen molar-refractivity contribution in [3.63, 3.8) is 0 Å². The quantitative estimate of drug-likeness (QED) is 0.412. The van der Waals surface area contributed by atoms with E-state index in [9.17, 15) is 9.59 Å². The molecule has 0 saturated carbocycles. The van der Waals surface area contributed by atoms with Crippen LogP contribution < -0.4 is 5.73 Å². The number of anilines is 1. The van der Waals surface area contributed by atoms with Gasteiger partial charge < -0.3 is 10.8 Å². The number of carbonyl (C=O) groups excluding carboxylic acids is 1. The summed E-state index contributed by atoms with van der Waals surface area (Å²) in [6, 6.07) is 2.41. The number of aromatic nitrogens is 2. The Morgan fingerprint density at radius 1 is 1.36 bits per heavy atom. The van der Waals surface area contributed by atoms with Gasteiger partial charge in [-0.1, -0.05) is 0 Å². The Bertz CT molecular complexity index is 363. The van der Waals surface area contributed by atoms with Gasteiger partial charge in [0, 0.05) is 0 Å². The second-order valence-corrected chi connectivity index (χ2v) is 2.24. The van der Waals surface area contributed by atoms with Crippen LogP contribution in [0.2, 0.25) is 0 Å². The molecule has 4 N–H and O–H groups in total. The molecule has 0 atom stereocenters. The zero-order valence-electron chi connectivity index (χ0n) is 6.78. The van der Waals surface area contributed by atoms with E-state index in [0.29, 0.717) is 0 Å². The average Bonchev–Trinajstić information content (AvgIpc) is 2.16. The summed E-state index contributed by atoms with van der Waals surface area (Å²) >= 11 is 0. The number of nitrogens with two attached hydrogens (primary N) is 1. The van der Waals surface area contributed by atoms with Crippen molar-refractivity contribution >= 4 is 17.8 Å². The van der Waals surface area contributed by atoms with Gasteiger partial charge in [-0.25, -0.2) is 4.79 Å². The van der Waals surface area contributed by atoms with E-state index >= 15 is 0 Å². The summed E-state index contributed by atoms with van der Waals surface area (Å²) in [6.45, 7) is 0. The zero-order valence-corrected chi connectivity index (χ0v) is 6.78. The van der Waals surface area contributed by atoms with Crippen LogP contribution in [0.4, 0.5) is 10.6 Å². The zero-order chi connectivity index (χ0) is 10.7. The molecule has 14 heavy (non-hydrogen) atoms. The Labute approximate surface area is 77.5 Å². The van der Waals surface area contributed by atoms with E-state index in [2.05, 4.69) is 10.2 Å². The number of hydrogen-bond acceptors (Lipinski definition) is 6. The summed E-state index contributed by atoms with van der Waals surface area (Å²) in [5, 5.41) is 23.1. The molecular weight excluding hydrogens is 192 g/mol. The third kappa shape index (κ3) is 1.93. The first-order valence-corrected chi connectivity index (χ1v) is 3.38. The topological polar surface area (TPSA) is 130 Å². The number of imide groups is 1. The van der Waals surface area contributed by atoms with E-state index in [1.807, 2.05) is 0 Å². The highest BCUT2D eigenvalue weighted by Gasteiger charge is 2.21. The molecule has 8 heteroatoms. The summed E-state index contributed by atoms with van der Waals surface area (Å²) < 4.78 is 0. The van der Waals surface area contributed by atoms with Gasteiger partial charge in [-0.15, -0.1) is 15.3 Å². The van der Waals surface area contributed by atoms with Crippen LogP contribution in [0.3, 0.4) is 0 Å². The summed E-state index contributed by atoms with van der Waals surface area (Å²) in [5.41, 5.74) is 4.87. The Balaban J connectivity index is 2.90. The number of carboxylic acid groups (broad SMARTS) is 1. The van der Waals surface area contributed by atoms with Crippen molar-refractivity contribution in [1.29, 1.82) is 0 Å². The first-order valence-electron chi connectivity index (χ1n) is 3.38. The molecule has 1 aromatic heterocycles. The minimum atomic E-state index is -1.80. The number of rotatable bonds is 1. The molecule has 8 nitrogen and oxygen atoms in total. The molecule has 0 aromatic carbocycles. The molecule has 74 valence electrons. The maximum Gasteiger partial charge on any atom is 0.439 e. The molecule has 0 unspecified atom stereocenters. The monoisotopic (exact) mass is 198 g/mol. The lowest BCUT2D eigenvalue weighted by molar-refractivity contribution is -0.0401. The summed E-state index contributed by atoms with van der Waals surface area (Å²) in [6.07, 6.45) is -1.80. The van der Waals surface area contributed by atoms with Gasteiger partial charge in [0.1, 0.15) is 5.82 Å². The molecule has 1 heterocycles. The van der Waals surface area contributed by atoms with Crippen LogP contribution in [0, 0.1) is 0 Å². The minimum absolute atomic E-state index is 0.0846. The lowest BCUT2D eigenvalue weighted by Crippen LogP contribution is -2.33. The van der Waals surface area contributed by atoms with E-state index in [1.165, 1.54) is 6.07 Å². The molecule has 2 amide bonds. The van der Waals surface area contributed by atoms with Crippen molar-refractivity contribution in [3.8, 4) is 0 Å². The van der Waals surface area contributed by atoms with Crippen molar-refractivity contribution in [2.45, 2.75) is 0 Å². The Morgan fingerprint density at radius 2 is 2.00 bits per heavy atom. The Hall–Kier alpha value is -2.22. The van der Waals surface area contributed by atoms with Crippen molar-refractivity contribution in [2.24, 2.45) is 0 Å². The van der Waals surface area contributed by atoms with Gasteiger partial charge in [0.15, 0.2) is 5.69 Å². The number of nitrogen functional groups attached to an aromatic ring is 1. The van der Waals surface area contributed by atoms with Crippen molar-refractivity contribution in [2.75, 3.05) is 5.73 Å². The highest BCUT2D eigenvalue weighted by molar-refractivity contribution is 5.99. The normalized spacial score (nSPS) is 9.50. The molecule has 0 aliphatic rings. The first-order chi connectivity index (χ1) is 6.52. The van der Waals surface area contributed by atoms with Crippen molar-refractivity contribution in [1.82, 2.24) is 15.3 Å². The molecule has 1 aromatic rings. The van der Waals surface area contributed by atoms with Crippen LogP contribution in [0.5, 0.6) is 0 Å². The maximum atomic E-state index is 11.0. The first kappa shape index (κ1) is 9.86. The van der Waals surface area contributed by atoms with E-state index in [1.54, 1.807) is 0 Å². The number of carbonyl (C=O) groups is 2. The molecule has 0 aliphatic carbocycles. The maximum absolute atomic E-state index is 11.0. The number of amides is 2. The second kappa shape index (κ2) is 3.66. The van der Waals surface area contributed by atoms with Gasteiger partial charge in [-0.3, -0.25) is 10.0 Å². The summed E-state index contributed by atoms with van der Waals surface area (Å²) in [7, 11) is 0. The SMILES string of the molecule is Nc1ccc(C(=O)N(O)C(=O)O)nn1. The molecule has 0 saturated heterocycles. The molecule has 0 fully saturated rings. The van der Waals surface area contributed by atoms with Crippen LogP contribution in [-0.2, 0) is 0 Å². The van der Waals surface area contributed by atoms with E-state index < -0.39 is 17.1 Å².